The average molecular weight is 259 g/mol. The Kier molecular flexibility index (Phi) is 3.11. The van der Waals surface area contributed by atoms with Crippen LogP contribution < -0.4 is 5.32 Å². The molecule has 0 fully saturated rings. The van der Waals surface area contributed by atoms with Crippen LogP contribution in [0.3, 0.4) is 0 Å². The molecule has 1 aliphatic rings. The summed E-state index contributed by atoms with van der Waals surface area (Å²) in [6, 6.07) is 12.1. The van der Waals surface area contributed by atoms with E-state index in [2.05, 4.69) is 34.4 Å². The van der Waals surface area contributed by atoms with Gasteiger partial charge in [0.05, 0.1) is 16.8 Å². The number of nitrogens with one attached hydrogen (secondary N) is 1. The van der Waals surface area contributed by atoms with Crippen molar-refractivity contribution in [3.8, 4) is 18.4 Å². The Balaban J connectivity index is 2.01. The van der Waals surface area contributed by atoms with Gasteiger partial charge in [-0.05, 0) is 24.1 Å². The first kappa shape index (κ1) is 12.3. The summed E-state index contributed by atoms with van der Waals surface area (Å²) in [5.41, 5.74) is 4.42. The molecular weight excluding hydrogens is 246 g/mol. The fourth-order valence-corrected chi connectivity index (χ4v) is 2.67. The van der Waals surface area contributed by atoms with Gasteiger partial charge in [-0.1, -0.05) is 24.1 Å². The number of para-hydroxylation sites is 1. The predicted molar refractivity (Wildman–Crippen MR) is 78.3 cm³/mol. The number of rotatable bonds is 1. The molecule has 0 radical (unpaired) electrons. The minimum absolute atomic E-state index is 0.198. The lowest BCUT2D eigenvalue weighted by Gasteiger charge is -2.26. The van der Waals surface area contributed by atoms with E-state index < -0.39 is 0 Å². The quantitative estimate of drug-likeness (QED) is 0.801. The molecule has 1 aliphatic heterocycles. The van der Waals surface area contributed by atoms with Gasteiger partial charge in [0.1, 0.15) is 6.07 Å². The van der Waals surface area contributed by atoms with E-state index in [1.807, 2.05) is 12.1 Å². The molecule has 0 saturated carbocycles. The Morgan fingerprint density at radius 1 is 1.30 bits per heavy atom. The Hall–Kier alpha value is -2.78. The molecule has 1 unspecified atom stereocenters. The number of fused-ring (bicyclic) bond motifs is 1. The topological polar surface area (TPSA) is 48.7 Å². The van der Waals surface area contributed by atoms with Crippen molar-refractivity contribution in [3.05, 3.63) is 58.9 Å². The van der Waals surface area contributed by atoms with E-state index in [9.17, 15) is 0 Å². The van der Waals surface area contributed by atoms with Crippen LogP contribution in [0.5, 0.6) is 0 Å². The molecule has 0 saturated heterocycles. The number of nitrogens with zero attached hydrogens (tertiary/aromatic N) is 2. The van der Waals surface area contributed by atoms with Gasteiger partial charge in [0.15, 0.2) is 0 Å². The number of hydrogen-bond donors (Lipinski definition) is 1. The summed E-state index contributed by atoms with van der Waals surface area (Å²) in [6.07, 6.45) is 8.12. The summed E-state index contributed by atoms with van der Waals surface area (Å²) in [6.45, 7) is 0.785. The number of aromatic nitrogens is 1. The molecule has 1 aromatic heterocycles. The molecule has 1 N–H and O–H groups in total. The van der Waals surface area contributed by atoms with E-state index in [1.165, 1.54) is 11.3 Å². The van der Waals surface area contributed by atoms with Gasteiger partial charge in [0.25, 0.3) is 0 Å². The smallest absolute Gasteiger partial charge is 0.101 e. The molecule has 3 heteroatoms. The lowest BCUT2D eigenvalue weighted by atomic mass is 9.88. The second kappa shape index (κ2) is 5.07. The van der Waals surface area contributed by atoms with Crippen LogP contribution in [0.15, 0.2) is 36.5 Å². The molecule has 0 amide bonds. The Bertz CT molecular complexity index is 735. The molecular formula is C17H13N3. The number of benzene rings is 1. The Morgan fingerprint density at radius 3 is 2.95 bits per heavy atom. The lowest BCUT2D eigenvalue weighted by molar-refractivity contribution is 0.671. The van der Waals surface area contributed by atoms with Crippen LogP contribution in [-0.2, 0) is 6.42 Å². The van der Waals surface area contributed by atoms with Gasteiger partial charge in [-0.2, -0.15) is 5.26 Å². The molecule has 2 heterocycles. The van der Waals surface area contributed by atoms with E-state index in [0.29, 0.717) is 11.1 Å². The highest BCUT2D eigenvalue weighted by atomic mass is 14.9. The molecule has 0 aliphatic carbocycles. The third-order valence-electron chi connectivity index (χ3n) is 3.65. The first-order chi connectivity index (χ1) is 9.83. The molecule has 20 heavy (non-hydrogen) atoms. The van der Waals surface area contributed by atoms with Gasteiger partial charge in [-0.15, -0.1) is 6.42 Å². The first-order valence-electron chi connectivity index (χ1n) is 6.51. The molecule has 3 nitrogen and oxygen atoms in total. The van der Waals surface area contributed by atoms with Gasteiger partial charge in [-0.25, -0.2) is 0 Å². The highest BCUT2D eigenvalue weighted by Crippen LogP contribution is 2.31. The molecule has 1 atom stereocenters. The molecule has 2 aromatic rings. The Labute approximate surface area is 118 Å². The van der Waals surface area contributed by atoms with Crippen molar-refractivity contribution in [2.24, 2.45) is 0 Å². The van der Waals surface area contributed by atoms with Crippen molar-refractivity contribution in [2.75, 3.05) is 11.9 Å². The monoisotopic (exact) mass is 259 g/mol. The third kappa shape index (κ3) is 2.00. The van der Waals surface area contributed by atoms with Crippen molar-refractivity contribution in [1.82, 2.24) is 4.98 Å². The van der Waals surface area contributed by atoms with Crippen LogP contribution in [0.25, 0.3) is 0 Å². The maximum Gasteiger partial charge on any atom is 0.101 e. The number of hydrogen-bond acceptors (Lipinski definition) is 3. The summed E-state index contributed by atoms with van der Waals surface area (Å²) >= 11 is 0. The van der Waals surface area contributed by atoms with E-state index >= 15 is 0 Å². The normalized spacial score (nSPS) is 16.4. The van der Waals surface area contributed by atoms with Gasteiger partial charge < -0.3 is 5.32 Å². The van der Waals surface area contributed by atoms with Crippen molar-refractivity contribution in [2.45, 2.75) is 12.3 Å². The van der Waals surface area contributed by atoms with E-state index in [-0.39, 0.29) is 5.92 Å². The van der Waals surface area contributed by atoms with E-state index in [4.69, 9.17) is 11.7 Å². The van der Waals surface area contributed by atoms with E-state index in [1.54, 1.807) is 12.3 Å². The standard InChI is InChI=1S/C17H13N3/c1-2-15-13(10-18)7-8-19-17(15)14-9-12-5-3-4-6-16(12)20-11-14/h1,3-8,14,20H,9,11H2. The van der Waals surface area contributed by atoms with Crippen molar-refractivity contribution in [1.29, 1.82) is 5.26 Å². The highest BCUT2D eigenvalue weighted by Gasteiger charge is 2.23. The summed E-state index contributed by atoms with van der Waals surface area (Å²) < 4.78 is 0. The lowest BCUT2D eigenvalue weighted by Crippen LogP contribution is -2.23. The van der Waals surface area contributed by atoms with Crippen LogP contribution in [0.2, 0.25) is 0 Å². The van der Waals surface area contributed by atoms with Crippen molar-refractivity contribution in [3.63, 3.8) is 0 Å². The second-order valence-electron chi connectivity index (χ2n) is 4.81. The largest absolute Gasteiger partial charge is 0.384 e. The summed E-state index contributed by atoms with van der Waals surface area (Å²) in [5, 5.41) is 12.5. The van der Waals surface area contributed by atoms with E-state index in [0.717, 1.165) is 18.7 Å². The van der Waals surface area contributed by atoms with Crippen LogP contribution in [0, 0.1) is 23.7 Å². The number of terminal acetylenes is 1. The SMILES string of the molecule is C#Cc1c(C#N)ccnc1C1CNc2ccccc2C1. The van der Waals surface area contributed by atoms with Gasteiger partial charge in [0.2, 0.25) is 0 Å². The maximum atomic E-state index is 9.14. The summed E-state index contributed by atoms with van der Waals surface area (Å²) in [4.78, 5) is 4.42. The highest BCUT2D eigenvalue weighted by molar-refractivity contribution is 5.56. The number of nitriles is 1. The van der Waals surface area contributed by atoms with Gasteiger partial charge in [-0.3, -0.25) is 4.98 Å². The summed E-state index contributed by atoms with van der Waals surface area (Å²) in [7, 11) is 0. The van der Waals surface area contributed by atoms with Crippen LogP contribution in [0.4, 0.5) is 5.69 Å². The number of anilines is 1. The average Bonchev–Trinajstić information content (AvgIpc) is 2.53. The predicted octanol–water partition coefficient (Wildman–Crippen LogP) is 2.69. The van der Waals surface area contributed by atoms with Gasteiger partial charge in [0, 0.05) is 24.3 Å². The van der Waals surface area contributed by atoms with Crippen molar-refractivity contribution >= 4 is 5.69 Å². The zero-order chi connectivity index (χ0) is 13.9. The molecule has 3 rings (SSSR count). The van der Waals surface area contributed by atoms with Crippen LogP contribution >= 0.6 is 0 Å². The molecule has 96 valence electrons. The number of pyridine rings is 1. The van der Waals surface area contributed by atoms with Crippen molar-refractivity contribution < 1.29 is 0 Å². The zero-order valence-electron chi connectivity index (χ0n) is 10.9. The molecule has 0 bridgehead atoms. The second-order valence-corrected chi connectivity index (χ2v) is 4.81. The Morgan fingerprint density at radius 2 is 2.15 bits per heavy atom. The van der Waals surface area contributed by atoms with Gasteiger partial charge >= 0.3 is 0 Å². The zero-order valence-corrected chi connectivity index (χ0v) is 10.9. The fraction of sp³-hybridized carbons (Fsp3) is 0.176. The van der Waals surface area contributed by atoms with Crippen LogP contribution in [0.1, 0.15) is 28.3 Å². The molecule has 0 spiro atoms. The van der Waals surface area contributed by atoms with Crippen LogP contribution in [-0.4, -0.2) is 11.5 Å². The maximum absolute atomic E-state index is 9.14. The fourth-order valence-electron chi connectivity index (χ4n) is 2.67. The third-order valence-corrected chi connectivity index (χ3v) is 3.65. The summed E-state index contributed by atoms with van der Waals surface area (Å²) in [5.74, 6) is 2.82. The minimum atomic E-state index is 0.198. The first-order valence-corrected chi connectivity index (χ1v) is 6.51. The minimum Gasteiger partial charge on any atom is -0.384 e. The molecule has 1 aromatic carbocycles.